The number of carboxylic acids is 1. The zero-order valence-electron chi connectivity index (χ0n) is 15.5. The number of aromatic carboxylic acids is 1. The van der Waals surface area contributed by atoms with Crippen molar-refractivity contribution in [1.29, 1.82) is 0 Å². The summed E-state index contributed by atoms with van der Waals surface area (Å²) in [6, 6.07) is 9.21. The van der Waals surface area contributed by atoms with Crippen LogP contribution in [-0.4, -0.2) is 45.8 Å². The number of phenolic OH excluding ortho intramolecular Hbond substituents is 1. The second-order valence-corrected chi connectivity index (χ2v) is 7.38. The van der Waals surface area contributed by atoms with Crippen LogP contribution in [0.15, 0.2) is 46.3 Å². The Bertz CT molecular complexity index is 1030. The van der Waals surface area contributed by atoms with Crippen LogP contribution in [0.5, 0.6) is 11.5 Å². The first-order chi connectivity index (χ1) is 13.8. The molecule has 0 unspecified atom stereocenters. The van der Waals surface area contributed by atoms with Crippen LogP contribution < -0.4 is 4.74 Å². The van der Waals surface area contributed by atoms with Gasteiger partial charge in [0, 0.05) is 6.54 Å². The first-order valence-electron chi connectivity index (χ1n) is 8.54. The Morgan fingerprint density at radius 2 is 2.00 bits per heavy atom. The van der Waals surface area contributed by atoms with Crippen LogP contribution in [0.2, 0.25) is 5.02 Å². The van der Waals surface area contributed by atoms with Crippen molar-refractivity contribution in [3.8, 4) is 11.5 Å². The van der Waals surface area contributed by atoms with Crippen molar-refractivity contribution in [3.63, 3.8) is 0 Å². The van der Waals surface area contributed by atoms with Crippen LogP contribution in [0.1, 0.15) is 22.8 Å². The van der Waals surface area contributed by atoms with Gasteiger partial charge in [-0.2, -0.15) is 0 Å². The Morgan fingerprint density at radius 1 is 1.31 bits per heavy atom. The summed E-state index contributed by atoms with van der Waals surface area (Å²) in [7, 11) is 1.41. The summed E-state index contributed by atoms with van der Waals surface area (Å²) in [4.78, 5) is 30.2. The van der Waals surface area contributed by atoms with Crippen LogP contribution in [0.3, 0.4) is 0 Å². The number of aliphatic imine (C=N–C) groups is 1. The molecule has 2 aromatic rings. The number of ether oxygens (including phenoxy) is 1. The van der Waals surface area contributed by atoms with Gasteiger partial charge in [-0.15, -0.1) is 0 Å². The lowest BCUT2D eigenvalue weighted by Crippen LogP contribution is -2.28. The predicted octanol–water partition coefficient (Wildman–Crippen LogP) is 4.38. The van der Waals surface area contributed by atoms with E-state index in [9.17, 15) is 14.7 Å². The van der Waals surface area contributed by atoms with Gasteiger partial charge in [-0.25, -0.2) is 9.79 Å². The van der Waals surface area contributed by atoms with E-state index in [2.05, 4.69) is 4.99 Å². The summed E-state index contributed by atoms with van der Waals surface area (Å²) >= 11 is 7.22. The van der Waals surface area contributed by atoms with Crippen molar-refractivity contribution >= 4 is 52.2 Å². The number of halogens is 1. The lowest BCUT2D eigenvalue weighted by molar-refractivity contribution is -0.122. The second kappa shape index (κ2) is 8.59. The molecule has 0 bridgehead atoms. The molecule has 0 aliphatic carbocycles. The van der Waals surface area contributed by atoms with E-state index in [1.807, 2.05) is 6.92 Å². The lowest BCUT2D eigenvalue weighted by atomic mass is 10.2. The third kappa shape index (κ3) is 4.38. The molecule has 0 radical (unpaired) electrons. The van der Waals surface area contributed by atoms with Crippen LogP contribution in [0.4, 0.5) is 5.69 Å². The third-order valence-electron chi connectivity index (χ3n) is 4.11. The van der Waals surface area contributed by atoms with E-state index in [4.69, 9.17) is 21.4 Å². The van der Waals surface area contributed by atoms with Gasteiger partial charge in [0.1, 0.15) is 0 Å². The summed E-state index contributed by atoms with van der Waals surface area (Å²) in [6.45, 7) is 2.26. The molecular formula is C20H17ClN2O5S. The summed E-state index contributed by atoms with van der Waals surface area (Å²) in [5, 5.41) is 19.5. The highest BCUT2D eigenvalue weighted by molar-refractivity contribution is 8.18. The van der Waals surface area contributed by atoms with Crippen molar-refractivity contribution in [2.24, 2.45) is 4.99 Å². The zero-order valence-corrected chi connectivity index (χ0v) is 17.1. The number of thioether (sulfide) groups is 1. The van der Waals surface area contributed by atoms with Crippen LogP contribution in [-0.2, 0) is 4.79 Å². The first-order valence-corrected chi connectivity index (χ1v) is 9.73. The topological polar surface area (TPSA) is 99.4 Å². The summed E-state index contributed by atoms with van der Waals surface area (Å²) < 4.78 is 5.10. The summed E-state index contributed by atoms with van der Waals surface area (Å²) in [5.41, 5.74) is 1.30. The third-order valence-corrected chi connectivity index (χ3v) is 5.41. The predicted molar refractivity (Wildman–Crippen MR) is 113 cm³/mol. The fraction of sp³-hybridized carbons (Fsp3) is 0.150. The Hall–Kier alpha value is -2.97. The van der Waals surface area contributed by atoms with Crippen molar-refractivity contribution in [3.05, 3.63) is 57.5 Å². The molecule has 1 aliphatic heterocycles. The minimum atomic E-state index is -1.02. The number of carbonyl (C=O) groups is 2. The molecule has 150 valence electrons. The van der Waals surface area contributed by atoms with Gasteiger partial charge in [0.25, 0.3) is 5.91 Å². The smallest absolute Gasteiger partial charge is 0.335 e. The quantitative estimate of drug-likeness (QED) is 0.680. The van der Waals surface area contributed by atoms with Crippen molar-refractivity contribution < 1.29 is 24.5 Å². The average molecular weight is 433 g/mol. The molecule has 29 heavy (non-hydrogen) atoms. The number of carboxylic acid groups (broad SMARTS) is 1. The molecule has 0 atom stereocenters. The Balaban J connectivity index is 1.93. The molecule has 2 N–H and O–H groups in total. The zero-order chi connectivity index (χ0) is 21.1. The van der Waals surface area contributed by atoms with Crippen molar-refractivity contribution in [1.82, 2.24) is 4.90 Å². The lowest BCUT2D eigenvalue weighted by Gasteiger charge is -2.12. The van der Waals surface area contributed by atoms with Crippen LogP contribution >= 0.6 is 23.4 Å². The molecule has 0 saturated carbocycles. The van der Waals surface area contributed by atoms with E-state index in [1.54, 1.807) is 24.3 Å². The van der Waals surface area contributed by atoms with Gasteiger partial charge in [-0.3, -0.25) is 9.69 Å². The standard InChI is InChI=1S/C20H17ClN2O5S/c1-3-23-18(25)16(10-11-8-14(21)17(24)15(9-11)28-2)29-20(23)22-13-6-4-12(5-7-13)19(26)27/h4-10,24H,3H2,1-2H3,(H,26,27). The number of amides is 1. The minimum absolute atomic E-state index is 0.117. The van der Waals surface area contributed by atoms with E-state index in [0.29, 0.717) is 27.9 Å². The molecule has 1 heterocycles. The molecule has 7 nitrogen and oxygen atoms in total. The normalized spacial score (nSPS) is 16.7. The number of phenols is 1. The largest absolute Gasteiger partial charge is 0.503 e. The number of aromatic hydroxyl groups is 1. The molecule has 0 spiro atoms. The van der Waals surface area contributed by atoms with Gasteiger partial charge in [0.15, 0.2) is 16.7 Å². The van der Waals surface area contributed by atoms with E-state index < -0.39 is 5.97 Å². The number of rotatable bonds is 5. The minimum Gasteiger partial charge on any atom is -0.503 e. The number of benzene rings is 2. The van der Waals surface area contributed by atoms with Gasteiger partial charge in [0.05, 0.1) is 28.3 Å². The van der Waals surface area contributed by atoms with Gasteiger partial charge >= 0.3 is 5.97 Å². The maximum absolute atomic E-state index is 12.8. The monoisotopic (exact) mass is 432 g/mol. The van der Waals surface area contributed by atoms with Gasteiger partial charge < -0.3 is 14.9 Å². The average Bonchev–Trinajstić information content (AvgIpc) is 2.99. The van der Waals surface area contributed by atoms with E-state index in [0.717, 1.165) is 0 Å². The fourth-order valence-corrected chi connectivity index (χ4v) is 3.92. The molecule has 1 amide bonds. The molecular weight excluding hydrogens is 416 g/mol. The molecule has 1 saturated heterocycles. The fourth-order valence-electron chi connectivity index (χ4n) is 2.64. The van der Waals surface area contributed by atoms with E-state index >= 15 is 0 Å². The molecule has 1 aliphatic rings. The molecule has 1 fully saturated rings. The number of amidine groups is 1. The molecule has 0 aromatic heterocycles. The summed E-state index contributed by atoms with van der Waals surface area (Å²) in [5.74, 6) is -1.18. The highest BCUT2D eigenvalue weighted by Crippen LogP contribution is 2.38. The van der Waals surface area contributed by atoms with E-state index in [1.165, 1.54) is 42.0 Å². The number of carbonyl (C=O) groups excluding carboxylic acids is 1. The first kappa shape index (κ1) is 20.8. The van der Waals surface area contributed by atoms with Crippen LogP contribution in [0.25, 0.3) is 6.08 Å². The number of hydrogen-bond acceptors (Lipinski definition) is 6. The Labute approximate surface area is 176 Å². The molecule has 3 rings (SSSR count). The molecule has 9 heteroatoms. The SMILES string of the molecule is CCN1C(=O)C(=Cc2cc(Cl)c(O)c(OC)c2)SC1=Nc1ccc(C(=O)O)cc1. The Morgan fingerprint density at radius 3 is 2.59 bits per heavy atom. The maximum Gasteiger partial charge on any atom is 0.335 e. The number of methoxy groups -OCH3 is 1. The van der Waals surface area contributed by atoms with Crippen LogP contribution in [0, 0.1) is 0 Å². The Kier molecular flexibility index (Phi) is 6.14. The van der Waals surface area contributed by atoms with Crippen molar-refractivity contribution in [2.45, 2.75) is 6.92 Å². The number of nitrogens with zero attached hydrogens (tertiary/aromatic N) is 2. The second-order valence-electron chi connectivity index (χ2n) is 5.96. The number of likely N-dealkylation sites (N-methyl/N-ethyl adjacent to an activating group) is 1. The highest BCUT2D eigenvalue weighted by Gasteiger charge is 2.32. The highest BCUT2D eigenvalue weighted by atomic mass is 35.5. The summed E-state index contributed by atoms with van der Waals surface area (Å²) in [6.07, 6.45) is 1.65. The maximum atomic E-state index is 12.8. The van der Waals surface area contributed by atoms with Crippen molar-refractivity contribution in [2.75, 3.05) is 13.7 Å². The van der Waals surface area contributed by atoms with E-state index in [-0.39, 0.29) is 28.0 Å². The van der Waals surface area contributed by atoms with Gasteiger partial charge in [-0.05, 0) is 66.7 Å². The van der Waals surface area contributed by atoms with Gasteiger partial charge in [0.2, 0.25) is 0 Å². The molecule has 2 aromatic carbocycles. The van der Waals surface area contributed by atoms with Gasteiger partial charge in [-0.1, -0.05) is 11.6 Å². The number of hydrogen-bond donors (Lipinski definition) is 2.